The maximum absolute atomic E-state index is 2.99. The number of hydrogen-bond donors (Lipinski definition) is 0. The van der Waals surface area contributed by atoms with Crippen LogP contribution in [-0.4, -0.2) is 3.81 Å². The molecule has 5 aromatic carbocycles. The third kappa shape index (κ3) is 9.98. The van der Waals surface area contributed by atoms with Gasteiger partial charge in [-0.2, -0.15) is 6.08 Å². The van der Waals surface area contributed by atoms with Crippen molar-refractivity contribution in [3.63, 3.8) is 0 Å². The molecule has 0 bridgehead atoms. The van der Waals surface area contributed by atoms with E-state index in [1.54, 1.807) is 11.1 Å². The third-order valence-electron chi connectivity index (χ3n) is 10.2. The van der Waals surface area contributed by atoms with Gasteiger partial charge in [0.1, 0.15) is 0 Å². The molecule has 0 radical (unpaired) electrons. The van der Waals surface area contributed by atoms with Gasteiger partial charge in [0.05, 0.1) is 0 Å². The minimum atomic E-state index is 0. The summed E-state index contributed by atoms with van der Waals surface area (Å²) in [5.74, 6) is 1.60. The summed E-state index contributed by atoms with van der Waals surface area (Å²) in [5, 5.41) is 5.81. The summed E-state index contributed by atoms with van der Waals surface area (Å²) in [6.07, 6.45) is 24.1. The summed E-state index contributed by atoms with van der Waals surface area (Å²) in [6.45, 7) is 4.23. The van der Waals surface area contributed by atoms with Gasteiger partial charge in [0.25, 0.3) is 0 Å². The average molecular weight is 708 g/mol. The predicted molar refractivity (Wildman–Crippen MR) is 196 cm³/mol. The van der Waals surface area contributed by atoms with Crippen LogP contribution in [0.5, 0.6) is 0 Å². The Kier molecular flexibility index (Phi) is 15.1. The second-order valence-electron chi connectivity index (χ2n) is 13.6. The Labute approximate surface area is 313 Å². The number of rotatable bonds is 4. The maximum Gasteiger partial charge on any atom is -0.0232 e. The SMILES string of the molecule is Cc1ccc([C](=[Ti+2])c2ccc(C)cc2)cc1.[C-]1=CC=CC1.[Cl-].[Cl-].c1cc2c(cc1C1CCCCC1)[cH-]c1cc(C3CCCCC3)ccc12. The molecule has 0 aliphatic heterocycles. The molecule has 2 saturated carbocycles. The fourth-order valence-electron chi connectivity index (χ4n) is 7.39. The molecule has 0 nitrogen and oxygen atoms in total. The summed E-state index contributed by atoms with van der Waals surface area (Å²) in [4.78, 5) is 0. The molecule has 0 unspecified atom stereocenters. The van der Waals surface area contributed by atoms with E-state index in [4.69, 9.17) is 0 Å². The van der Waals surface area contributed by atoms with Crippen LogP contribution >= 0.6 is 0 Å². The minimum Gasteiger partial charge on any atom is -1.00 e. The first kappa shape index (κ1) is 38.2. The molecule has 5 aromatic rings. The summed E-state index contributed by atoms with van der Waals surface area (Å²) in [6, 6.07) is 34.4. The Morgan fingerprint density at radius 1 is 0.604 bits per heavy atom. The van der Waals surface area contributed by atoms with Gasteiger partial charge in [-0.3, -0.25) is 6.08 Å². The minimum absolute atomic E-state index is 0. The number of allylic oxidation sites excluding steroid dienone is 4. The van der Waals surface area contributed by atoms with Crippen LogP contribution in [0.25, 0.3) is 21.5 Å². The summed E-state index contributed by atoms with van der Waals surface area (Å²) < 4.78 is 1.33. The van der Waals surface area contributed by atoms with Gasteiger partial charge in [0.15, 0.2) is 0 Å². The van der Waals surface area contributed by atoms with Gasteiger partial charge in [-0.1, -0.05) is 73.9 Å². The molecule has 8 rings (SSSR count). The Balaban J connectivity index is 0.000000195. The molecule has 0 aromatic heterocycles. The molecular formula is C45H48Cl2Ti-2. The molecule has 0 heterocycles. The first-order valence-electron chi connectivity index (χ1n) is 17.6. The second-order valence-corrected chi connectivity index (χ2v) is 14.4. The number of hydrogen-bond acceptors (Lipinski definition) is 0. The van der Waals surface area contributed by atoms with E-state index in [-0.39, 0.29) is 24.8 Å². The van der Waals surface area contributed by atoms with E-state index >= 15 is 0 Å². The Morgan fingerprint density at radius 2 is 1.04 bits per heavy atom. The molecule has 0 amide bonds. The van der Waals surface area contributed by atoms with Gasteiger partial charge in [-0.15, -0.1) is 46.2 Å². The number of halogens is 2. The molecule has 48 heavy (non-hydrogen) atoms. The fourth-order valence-corrected chi connectivity index (χ4v) is 7.91. The van der Waals surface area contributed by atoms with Crippen molar-refractivity contribution in [1.82, 2.24) is 0 Å². The van der Waals surface area contributed by atoms with Gasteiger partial charge in [0, 0.05) is 0 Å². The van der Waals surface area contributed by atoms with Crippen LogP contribution in [0.4, 0.5) is 0 Å². The van der Waals surface area contributed by atoms with Crippen LogP contribution < -0.4 is 24.8 Å². The van der Waals surface area contributed by atoms with Crippen molar-refractivity contribution in [3.8, 4) is 0 Å². The number of benzene rings is 4. The van der Waals surface area contributed by atoms with Gasteiger partial charge < -0.3 is 24.8 Å². The molecule has 3 aliphatic carbocycles. The molecule has 0 atom stereocenters. The Morgan fingerprint density at radius 3 is 1.40 bits per heavy atom. The normalized spacial score (nSPS) is 15.9. The molecule has 3 heteroatoms. The molecule has 2 fully saturated rings. The van der Waals surface area contributed by atoms with Crippen molar-refractivity contribution in [1.29, 1.82) is 0 Å². The molecule has 0 N–H and O–H groups in total. The van der Waals surface area contributed by atoms with Crippen LogP contribution in [-0.2, 0) is 20.0 Å². The Hall–Kier alpha value is -2.61. The van der Waals surface area contributed by atoms with Gasteiger partial charge in [-0.05, 0) is 37.5 Å². The van der Waals surface area contributed by atoms with E-state index in [1.165, 1.54) is 112 Å². The van der Waals surface area contributed by atoms with Crippen molar-refractivity contribution in [3.05, 3.63) is 149 Å². The van der Waals surface area contributed by atoms with Crippen LogP contribution in [0.1, 0.15) is 116 Å². The average Bonchev–Trinajstić information content (AvgIpc) is 3.81. The molecule has 3 aliphatic rings. The van der Waals surface area contributed by atoms with Crippen molar-refractivity contribution in [2.45, 2.75) is 96.3 Å². The quantitative estimate of drug-likeness (QED) is 0.147. The van der Waals surface area contributed by atoms with Crippen molar-refractivity contribution in [2.24, 2.45) is 0 Å². The fraction of sp³-hybridized carbons (Fsp3) is 0.333. The van der Waals surface area contributed by atoms with Gasteiger partial charge >= 0.3 is 108 Å². The molecule has 0 saturated heterocycles. The van der Waals surface area contributed by atoms with E-state index in [2.05, 4.69) is 137 Å². The molecular weight excluding hydrogens is 659 g/mol. The summed E-state index contributed by atoms with van der Waals surface area (Å²) >= 11 is 2.18. The van der Waals surface area contributed by atoms with E-state index in [0.717, 1.165) is 18.3 Å². The molecule has 248 valence electrons. The first-order chi connectivity index (χ1) is 22.5. The molecule has 0 spiro atoms. The topological polar surface area (TPSA) is 0 Å². The van der Waals surface area contributed by atoms with Crippen molar-refractivity contribution in [2.75, 3.05) is 0 Å². The largest absolute Gasteiger partial charge is 1.00 e. The Bertz CT molecular complexity index is 1660. The van der Waals surface area contributed by atoms with Crippen LogP contribution in [0.2, 0.25) is 0 Å². The van der Waals surface area contributed by atoms with Crippen LogP contribution in [0.3, 0.4) is 0 Å². The second kappa shape index (κ2) is 19.0. The number of aryl methyl sites for hydroxylation is 2. The first-order valence-corrected chi connectivity index (χ1v) is 18.4. The van der Waals surface area contributed by atoms with Crippen molar-refractivity contribution >= 4 is 25.4 Å². The zero-order valence-corrected chi connectivity index (χ0v) is 31.7. The number of fused-ring (bicyclic) bond motifs is 3. The maximum atomic E-state index is 2.99. The smallest absolute Gasteiger partial charge is 0.0232 e. The van der Waals surface area contributed by atoms with E-state index < -0.39 is 0 Å². The summed E-state index contributed by atoms with van der Waals surface area (Å²) in [7, 11) is 0. The summed E-state index contributed by atoms with van der Waals surface area (Å²) in [5.41, 5.74) is 8.37. The van der Waals surface area contributed by atoms with E-state index in [1.807, 2.05) is 12.2 Å². The van der Waals surface area contributed by atoms with Gasteiger partial charge in [0.2, 0.25) is 0 Å². The van der Waals surface area contributed by atoms with Crippen LogP contribution in [0, 0.1) is 19.9 Å². The van der Waals surface area contributed by atoms with Crippen LogP contribution in [0.15, 0.2) is 109 Å². The van der Waals surface area contributed by atoms with Gasteiger partial charge in [-0.25, -0.2) is 12.2 Å². The standard InChI is InChI=1S/C25H29.C15H14.C5H5.2ClH.Ti/c1-3-7-18(8-4-1)20-11-13-24-22(15-20)17-23-16-21(12-14-25(23)24)19-9-5-2-6-10-19;1-12-3-7-14(8-4-12)11-15-9-5-13(2)6-10-15;1-2-4-5-3-1;;;/h11-19H,1-10H2;3-10H,1-2H3;1-3H,4H2;2*1H;/q-1;;-1;;;+2/p-2. The zero-order valence-electron chi connectivity index (χ0n) is 28.6. The zero-order chi connectivity index (χ0) is 31.7. The van der Waals surface area contributed by atoms with E-state index in [0.29, 0.717) is 0 Å². The van der Waals surface area contributed by atoms with E-state index in [9.17, 15) is 0 Å². The monoisotopic (exact) mass is 706 g/mol. The van der Waals surface area contributed by atoms with Crippen molar-refractivity contribution < 1.29 is 44.8 Å². The third-order valence-corrected chi connectivity index (χ3v) is 11.1. The predicted octanol–water partition coefficient (Wildman–Crippen LogP) is 6.54.